The number of halogens is 3. The number of rotatable bonds is 4. The van der Waals surface area contributed by atoms with Crippen LogP contribution in [-0.2, 0) is 19.1 Å². The van der Waals surface area contributed by atoms with Gasteiger partial charge in [-0.15, -0.1) is 0 Å². The van der Waals surface area contributed by atoms with E-state index in [1.165, 1.54) is 23.3 Å². The van der Waals surface area contributed by atoms with Crippen LogP contribution in [0.1, 0.15) is 39.9 Å². The number of nitrogens with zero attached hydrogens (tertiary/aromatic N) is 2. The van der Waals surface area contributed by atoms with E-state index in [4.69, 9.17) is 0 Å². The quantitative estimate of drug-likeness (QED) is 0.445. The highest BCUT2D eigenvalue weighted by atomic mass is 19.4. The number of fused-ring (bicyclic) bond motifs is 1. The van der Waals surface area contributed by atoms with Gasteiger partial charge in [-0.2, -0.15) is 13.2 Å². The minimum atomic E-state index is -4.51. The molecular formula is C28H27F3N4O2. The van der Waals surface area contributed by atoms with Crippen molar-refractivity contribution in [3.05, 3.63) is 89.0 Å². The third-order valence-corrected chi connectivity index (χ3v) is 6.80. The van der Waals surface area contributed by atoms with E-state index in [9.17, 15) is 22.8 Å². The molecule has 2 aliphatic heterocycles. The van der Waals surface area contributed by atoms with Gasteiger partial charge in [-0.3, -0.25) is 4.79 Å². The van der Waals surface area contributed by atoms with Crippen LogP contribution in [0.25, 0.3) is 0 Å². The summed E-state index contributed by atoms with van der Waals surface area (Å²) in [7, 11) is 0. The highest BCUT2D eigenvalue weighted by Gasteiger charge is 2.30. The molecule has 1 saturated heterocycles. The molecule has 2 heterocycles. The molecule has 192 valence electrons. The fourth-order valence-electron chi connectivity index (χ4n) is 4.92. The monoisotopic (exact) mass is 508 g/mol. The summed E-state index contributed by atoms with van der Waals surface area (Å²) in [6.45, 7) is 2.82. The van der Waals surface area contributed by atoms with Gasteiger partial charge in [0.1, 0.15) is 0 Å². The van der Waals surface area contributed by atoms with E-state index in [0.29, 0.717) is 30.9 Å². The van der Waals surface area contributed by atoms with Gasteiger partial charge in [0.05, 0.1) is 11.1 Å². The van der Waals surface area contributed by atoms with Gasteiger partial charge in [0, 0.05) is 43.2 Å². The van der Waals surface area contributed by atoms with Gasteiger partial charge in [0.2, 0.25) is 0 Å². The number of alkyl halides is 3. The molecule has 0 spiro atoms. The largest absolute Gasteiger partial charge is 0.416 e. The van der Waals surface area contributed by atoms with Crippen LogP contribution in [0.2, 0.25) is 0 Å². The first-order valence-corrected chi connectivity index (χ1v) is 12.3. The number of hydrogen-bond acceptors (Lipinski definition) is 3. The van der Waals surface area contributed by atoms with Crippen LogP contribution in [0, 0.1) is 0 Å². The molecule has 0 aliphatic carbocycles. The zero-order valence-electron chi connectivity index (χ0n) is 20.1. The zero-order chi connectivity index (χ0) is 26.0. The van der Waals surface area contributed by atoms with Crippen LogP contribution in [-0.4, -0.2) is 36.5 Å². The lowest BCUT2D eigenvalue weighted by Gasteiger charge is -2.33. The Labute approximate surface area is 213 Å². The van der Waals surface area contributed by atoms with Crippen molar-refractivity contribution in [2.24, 2.45) is 0 Å². The SMILES string of the molecule is O=C(Nc1cccc(C(F)(F)F)c1)Nc1ccc(N2CCc3ccccc3C2)c(C(=O)N2CCCC2)c1. The summed E-state index contributed by atoms with van der Waals surface area (Å²) in [5.41, 5.74) is 3.37. The summed E-state index contributed by atoms with van der Waals surface area (Å²) < 4.78 is 39.0. The van der Waals surface area contributed by atoms with Crippen LogP contribution in [0.4, 0.5) is 35.0 Å². The number of carbonyl (C=O) groups is 2. The van der Waals surface area contributed by atoms with Crippen LogP contribution in [0.15, 0.2) is 66.7 Å². The first-order chi connectivity index (χ1) is 17.8. The van der Waals surface area contributed by atoms with Crippen molar-refractivity contribution in [2.45, 2.75) is 32.0 Å². The lowest BCUT2D eigenvalue weighted by molar-refractivity contribution is -0.137. The van der Waals surface area contributed by atoms with Gasteiger partial charge < -0.3 is 20.4 Å². The average Bonchev–Trinajstić information content (AvgIpc) is 3.43. The molecular weight excluding hydrogens is 481 g/mol. The maximum atomic E-state index is 13.5. The van der Waals surface area contributed by atoms with E-state index in [0.717, 1.165) is 43.6 Å². The first kappa shape index (κ1) is 24.7. The fourth-order valence-corrected chi connectivity index (χ4v) is 4.92. The van der Waals surface area contributed by atoms with Gasteiger partial charge in [-0.1, -0.05) is 30.3 Å². The molecule has 2 aliphatic rings. The Morgan fingerprint density at radius 2 is 1.49 bits per heavy atom. The van der Waals surface area contributed by atoms with Gasteiger partial charge in [-0.25, -0.2) is 4.79 Å². The van der Waals surface area contributed by atoms with E-state index >= 15 is 0 Å². The standard InChI is InChI=1S/C28H27F3N4O2/c29-28(30,31)21-8-5-9-22(16-21)32-27(37)33-23-10-11-25(24(17-23)26(36)34-13-3-4-14-34)35-15-12-19-6-1-2-7-20(19)18-35/h1-2,5-11,16-17H,3-4,12-15,18H2,(H2,32,33,37). The number of amides is 3. The van der Waals surface area contributed by atoms with Gasteiger partial charge in [-0.05, 0) is 66.8 Å². The Hall–Kier alpha value is -4.01. The number of carbonyl (C=O) groups excluding carboxylic acids is 2. The molecule has 6 nitrogen and oxygen atoms in total. The molecule has 5 rings (SSSR count). The van der Waals surface area contributed by atoms with Crippen molar-refractivity contribution in [1.82, 2.24) is 4.90 Å². The summed E-state index contributed by atoms with van der Waals surface area (Å²) >= 11 is 0. The Morgan fingerprint density at radius 3 is 2.22 bits per heavy atom. The third kappa shape index (κ3) is 5.55. The summed E-state index contributed by atoms with van der Waals surface area (Å²) in [5.74, 6) is -0.0895. The summed E-state index contributed by atoms with van der Waals surface area (Å²) in [4.78, 5) is 30.1. The Balaban J connectivity index is 1.38. The molecule has 1 fully saturated rings. The van der Waals surface area contributed by atoms with Crippen LogP contribution < -0.4 is 15.5 Å². The molecule has 0 atom stereocenters. The number of anilines is 3. The lowest BCUT2D eigenvalue weighted by atomic mass is 9.98. The second-order valence-corrected chi connectivity index (χ2v) is 9.33. The zero-order valence-corrected chi connectivity index (χ0v) is 20.1. The minimum absolute atomic E-state index is 0.0179. The number of urea groups is 1. The third-order valence-electron chi connectivity index (χ3n) is 6.80. The van der Waals surface area contributed by atoms with E-state index in [1.807, 2.05) is 23.1 Å². The van der Waals surface area contributed by atoms with Gasteiger partial charge in [0.25, 0.3) is 5.91 Å². The van der Waals surface area contributed by atoms with Crippen LogP contribution >= 0.6 is 0 Å². The first-order valence-electron chi connectivity index (χ1n) is 12.3. The maximum Gasteiger partial charge on any atom is 0.416 e. The van der Waals surface area contributed by atoms with Crippen molar-refractivity contribution in [3.63, 3.8) is 0 Å². The number of benzene rings is 3. The number of hydrogen-bond donors (Lipinski definition) is 2. The van der Waals surface area contributed by atoms with Crippen molar-refractivity contribution in [1.29, 1.82) is 0 Å². The molecule has 3 amide bonds. The Bertz CT molecular complexity index is 1320. The molecule has 3 aromatic carbocycles. The Kier molecular flexibility index (Phi) is 6.78. The van der Waals surface area contributed by atoms with Crippen molar-refractivity contribution in [2.75, 3.05) is 35.2 Å². The fraction of sp³-hybridized carbons (Fsp3) is 0.286. The van der Waals surface area contributed by atoms with Gasteiger partial charge in [0.15, 0.2) is 0 Å². The predicted molar refractivity (Wildman–Crippen MR) is 137 cm³/mol. The van der Waals surface area contributed by atoms with E-state index in [1.54, 1.807) is 12.1 Å². The lowest BCUT2D eigenvalue weighted by Crippen LogP contribution is -2.34. The molecule has 9 heteroatoms. The molecule has 3 aromatic rings. The van der Waals surface area contributed by atoms with E-state index in [-0.39, 0.29) is 11.6 Å². The molecule has 37 heavy (non-hydrogen) atoms. The highest BCUT2D eigenvalue weighted by Crippen LogP contribution is 2.32. The molecule has 0 saturated carbocycles. The summed E-state index contributed by atoms with van der Waals surface area (Å²) in [6, 6.07) is 17.2. The highest BCUT2D eigenvalue weighted by molar-refractivity contribution is 6.04. The van der Waals surface area contributed by atoms with Gasteiger partial charge >= 0.3 is 12.2 Å². The molecule has 2 N–H and O–H groups in total. The van der Waals surface area contributed by atoms with Crippen LogP contribution in [0.5, 0.6) is 0 Å². The second kappa shape index (κ2) is 10.2. The second-order valence-electron chi connectivity index (χ2n) is 9.33. The molecule has 0 radical (unpaired) electrons. The van der Waals surface area contributed by atoms with Crippen molar-refractivity contribution >= 4 is 29.0 Å². The Morgan fingerprint density at radius 1 is 0.784 bits per heavy atom. The average molecular weight is 509 g/mol. The molecule has 0 unspecified atom stereocenters. The number of nitrogens with one attached hydrogen (secondary N) is 2. The predicted octanol–water partition coefficient (Wildman–Crippen LogP) is 6.15. The number of likely N-dealkylation sites (tertiary alicyclic amines) is 1. The molecule has 0 aromatic heterocycles. The van der Waals surface area contributed by atoms with Crippen molar-refractivity contribution in [3.8, 4) is 0 Å². The summed E-state index contributed by atoms with van der Waals surface area (Å²) in [6.07, 6.45) is -1.73. The minimum Gasteiger partial charge on any atom is -0.366 e. The normalized spacial score (nSPS) is 15.3. The molecule has 0 bridgehead atoms. The van der Waals surface area contributed by atoms with E-state index in [2.05, 4.69) is 27.7 Å². The smallest absolute Gasteiger partial charge is 0.366 e. The van der Waals surface area contributed by atoms with Crippen molar-refractivity contribution < 1.29 is 22.8 Å². The van der Waals surface area contributed by atoms with E-state index < -0.39 is 17.8 Å². The maximum absolute atomic E-state index is 13.5. The van der Waals surface area contributed by atoms with Crippen LogP contribution in [0.3, 0.4) is 0 Å². The topological polar surface area (TPSA) is 64.7 Å². The summed E-state index contributed by atoms with van der Waals surface area (Å²) in [5, 5.41) is 5.10.